The number of hydrogen-bond donors (Lipinski definition) is 0. The predicted molar refractivity (Wildman–Crippen MR) is 109 cm³/mol. The maximum Gasteiger partial charge on any atom is 0.193 e. The van der Waals surface area contributed by atoms with E-state index in [1.165, 1.54) is 11.1 Å². The molecule has 1 aliphatic rings. The third kappa shape index (κ3) is 4.93. The van der Waals surface area contributed by atoms with Crippen LogP contribution in [-0.4, -0.2) is 20.5 Å². The Labute approximate surface area is 155 Å². The van der Waals surface area contributed by atoms with E-state index in [4.69, 9.17) is 9.16 Å². The molecule has 3 heteroatoms. The van der Waals surface area contributed by atoms with Crippen LogP contribution in [0.3, 0.4) is 0 Å². The lowest BCUT2D eigenvalue weighted by Gasteiger charge is -2.47. The molecular formula is C22H34O2Si. The van der Waals surface area contributed by atoms with Gasteiger partial charge in [0.2, 0.25) is 0 Å². The van der Waals surface area contributed by atoms with Crippen LogP contribution < -0.4 is 0 Å². The van der Waals surface area contributed by atoms with Crippen molar-refractivity contribution in [1.82, 2.24) is 0 Å². The molecule has 1 unspecified atom stereocenters. The summed E-state index contributed by atoms with van der Waals surface area (Å²) in [6.07, 6.45) is 7.57. The molecule has 1 aromatic rings. The fourth-order valence-corrected chi connectivity index (χ4v) is 4.54. The molecule has 0 aromatic heterocycles. The van der Waals surface area contributed by atoms with Crippen LogP contribution in [0.25, 0.3) is 0 Å². The molecule has 138 valence electrons. The van der Waals surface area contributed by atoms with Crippen molar-refractivity contribution >= 4 is 8.32 Å². The summed E-state index contributed by atoms with van der Waals surface area (Å²) in [5, 5.41) is 0.177. The van der Waals surface area contributed by atoms with E-state index in [0.717, 1.165) is 19.3 Å². The van der Waals surface area contributed by atoms with Crippen molar-refractivity contribution in [2.45, 2.75) is 70.4 Å². The van der Waals surface area contributed by atoms with Crippen molar-refractivity contribution in [2.75, 3.05) is 6.61 Å². The zero-order chi connectivity index (χ0) is 18.6. The third-order valence-corrected chi connectivity index (χ3v) is 10.1. The largest absolute Gasteiger partial charge is 0.404 e. The van der Waals surface area contributed by atoms with Gasteiger partial charge in [-0.2, -0.15) is 0 Å². The summed E-state index contributed by atoms with van der Waals surface area (Å²) < 4.78 is 12.9. The number of benzene rings is 1. The molecule has 0 amide bonds. The average molecular weight is 359 g/mol. The molecule has 1 aromatic carbocycles. The third-order valence-electron chi connectivity index (χ3n) is 5.63. The molecule has 0 saturated carbocycles. The van der Waals surface area contributed by atoms with Crippen LogP contribution in [0.1, 0.15) is 45.6 Å². The highest BCUT2D eigenvalue weighted by atomic mass is 28.4. The van der Waals surface area contributed by atoms with Crippen molar-refractivity contribution in [3.05, 3.63) is 60.2 Å². The molecule has 0 N–H and O–H groups in total. The van der Waals surface area contributed by atoms with Gasteiger partial charge in [0, 0.05) is 0 Å². The van der Waals surface area contributed by atoms with Gasteiger partial charge in [0.05, 0.1) is 18.8 Å². The summed E-state index contributed by atoms with van der Waals surface area (Å²) in [6.45, 7) is 16.9. The van der Waals surface area contributed by atoms with E-state index < -0.39 is 8.32 Å². The molecule has 25 heavy (non-hydrogen) atoms. The van der Waals surface area contributed by atoms with Crippen molar-refractivity contribution < 1.29 is 9.16 Å². The standard InChI is InChI=1S/C22H34O2Si/c1-7-22(24-25(5,6)21(2,3)4)16-12-11-15-20(22)18-23-17-19-13-9-8-10-14-19/h7-10,13-15H,1,11-12,16-18H2,2-6H3. The lowest BCUT2D eigenvalue weighted by Crippen LogP contribution is -2.51. The second-order valence-electron chi connectivity index (χ2n) is 8.56. The molecule has 0 aliphatic heterocycles. The Morgan fingerprint density at radius 1 is 1.16 bits per heavy atom. The first-order chi connectivity index (χ1) is 11.7. The number of rotatable bonds is 7. The Bertz CT molecular complexity index is 598. The first-order valence-electron chi connectivity index (χ1n) is 9.35. The average Bonchev–Trinajstić information content (AvgIpc) is 2.56. The van der Waals surface area contributed by atoms with Crippen LogP contribution in [-0.2, 0) is 15.8 Å². The van der Waals surface area contributed by atoms with Crippen LogP contribution in [0.5, 0.6) is 0 Å². The van der Waals surface area contributed by atoms with Gasteiger partial charge in [-0.05, 0) is 48.5 Å². The fourth-order valence-electron chi connectivity index (χ4n) is 3.01. The Morgan fingerprint density at radius 2 is 1.84 bits per heavy atom. The van der Waals surface area contributed by atoms with Gasteiger partial charge in [-0.3, -0.25) is 0 Å². The van der Waals surface area contributed by atoms with Crippen molar-refractivity contribution in [3.63, 3.8) is 0 Å². The highest BCUT2D eigenvalue weighted by Gasteiger charge is 2.45. The Kier molecular flexibility index (Phi) is 6.47. The van der Waals surface area contributed by atoms with E-state index in [2.05, 4.69) is 58.7 Å². The van der Waals surface area contributed by atoms with Gasteiger partial charge in [-0.15, -0.1) is 0 Å². The van der Waals surface area contributed by atoms with Gasteiger partial charge in [0.1, 0.15) is 0 Å². The van der Waals surface area contributed by atoms with Gasteiger partial charge in [-0.1, -0.05) is 69.8 Å². The lowest BCUT2D eigenvalue weighted by molar-refractivity contribution is 0.0774. The topological polar surface area (TPSA) is 18.5 Å². The first-order valence-corrected chi connectivity index (χ1v) is 12.3. The number of ether oxygens (including phenoxy) is 1. The highest BCUT2D eigenvalue weighted by molar-refractivity contribution is 6.74. The molecule has 0 fully saturated rings. The van der Waals surface area contributed by atoms with Crippen LogP contribution >= 0.6 is 0 Å². The molecule has 1 aliphatic carbocycles. The molecule has 0 saturated heterocycles. The summed E-state index contributed by atoms with van der Waals surface area (Å²) in [6, 6.07) is 10.3. The zero-order valence-electron chi connectivity index (χ0n) is 16.6. The van der Waals surface area contributed by atoms with Crippen LogP contribution in [0, 0.1) is 0 Å². The minimum Gasteiger partial charge on any atom is -0.404 e. The van der Waals surface area contributed by atoms with E-state index in [9.17, 15) is 0 Å². The normalized spacial score (nSPS) is 21.7. The summed E-state index contributed by atoms with van der Waals surface area (Å²) >= 11 is 0. The molecular weight excluding hydrogens is 324 g/mol. The molecule has 0 radical (unpaired) electrons. The van der Waals surface area contributed by atoms with E-state index in [-0.39, 0.29) is 10.6 Å². The van der Waals surface area contributed by atoms with Crippen LogP contribution in [0.2, 0.25) is 18.1 Å². The van der Waals surface area contributed by atoms with Gasteiger partial charge in [0.25, 0.3) is 0 Å². The molecule has 2 nitrogen and oxygen atoms in total. The quantitative estimate of drug-likeness (QED) is 0.423. The number of allylic oxidation sites excluding steroid dienone is 1. The Hall–Kier alpha value is -1.16. The van der Waals surface area contributed by atoms with Gasteiger partial charge < -0.3 is 9.16 Å². The smallest absolute Gasteiger partial charge is 0.193 e. The molecule has 2 rings (SSSR count). The SMILES string of the molecule is C=CC1(O[Si](C)(C)C(C)(C)C)CCCC=C1COCc1ccccc1. The second kappa shape index (κ2) is 8.03. The maximum atomic E-state index is 6.87. The Balaban J connectivity index is 2.11. The molecule has 0 bridgehead atoms. The minimum atomic E-state index is -1.90. The van der Waals surface area contributed by atoms with E-state index in [1.807, 2.05) is 24.3 Å². The minimum absolute atomic E-state index is 0.177. The van der Waals surface area contributed by atoms with Crippen molar-refractivity contribution in [3.8, 4) is 0 Å². The Morgan fingerprint density at radius 3 is 2.44 bits per heavy atom. The van der Waals surface area contributed by atoms with Crippen molar-refractivity contribution in [2.24, 2.45) is 0 Å². The molecule has 0 heterocycles. The van der Waals surface area contributed by atoms with Crippen LogP contribution in [0.15, 0.2) is 54.6 Å². The van der Waals surface area contributed by atoms with Gasteiger partial charge in [0.15, 0.2) is 8.32 Å². The molecule has 1 atom stereocenters. The number of hydrogen-bond acceptors (Lipinski definition) is 2. The van der Waals surface area contributed by atoms with E-state index >= 15 is 0 Å². The molecule has 0 spiro atoms. The van der Waals surface area contributed by atoms with Gasteiger partial charge >= 0.3 is 0 Å². The maximum absolute atomic E-state index is 6.87. The summed E-state index contributed by atoms with van der Waals surface area (Å²) in [4.78, 5) is 0. The first kappa shape index (κ1) is 20.2. The van der Waals surface area contributed by atoms with E-state index in [1.54, 1.807) is 0 Å². The second-order valence-corrected chi connectivity index (χ2v) is 13.3. The zero-order valence-corrected chi connectivity index (χ0v) is 17.6. The van der Waals surface area contributed by atoms with E-state index in [0.29, 0.717) is 13.2 Å². The van der Waals surface area contributed by atoms with Crippen LogP contribution in [0.4, 0.5) is 0 Å². The highest BCUT2D eigenvalue weighted by Crippen LogP contribution is 2.44. The van der Waals surface area contributed by atoms with Gasteiger partial charge in [-0.25, -0.2) is 0 Å². The van der Waals surface area contributed by atoms with Crippen molar-refractivity contribution in [1.29, 1.82) is 0 Å². The summed E-state index contributed by atoms with van der Waals surface area (Å²) in [5.41, 5.74) is 2.08. The predicted octanol–water partition coefficient (Wildman–Crippen LogP) is 6.26. The lowest BCUT2D eigenvalue weighted by atomic mass is 9.83. The fraction of sp³-hybridized carbons (Fsp3) is 0.545. The summed E-state index contributed by atoms with van der Waals surface area (Å²) in [7, 11) is -1.90. The monoisotopic (exact) mass is 358 g/mol. The summed E-state index contributed by atoms with van der Waals surface area (Å²) in [5.74, 6) is 0.